The summed E-state index contributed by atoms with van der Waals surface area (Å²) in [5.74, 6) is -0.0673. The predicted octanol–water partition coefficient (Wildman–Crippen LogP) is 7.44. The molecule has 0 aromatic heterocycles. The highest BCUT2D eigenvalue weighted by Crippen LogP contribution is 2.06. The van der Waals surface area contributed by atoms with Crippen molar-refractivity contribution in [2.75, 3.05) is 5.75 Å². The Morgan fingerprint density at radius 3 is 1.59 bits per heavy atom. The SMILES string of the molecule is CC/C=C\C/C=C\C/C=C\C/C=C\C/C=C\CCCCC(=O)OC(C)OC(=O)CCCS. The van der Waals surface area contributed by atoms with E-state index in [1.165, 1.54) is 0 Å². The van der Waals surface area contributed by atoms with Crippen LogP contribution in [0.4, 0.5) is 0 Å². The quantitative estimate of drug-likeness (QED) is 0.0712. The van der Waals surface area contributed by atoms with Crippen LogP contribution in [0.25, 0.3) is 0 Å². The zero-order valence-corrected chi connectivity index (χ0v) is 20.8. The van der Waals surface area contributed by atoms with Crippen LogP contribution in [0.15, 0.2) is 60.8 Å². The number of ether oxygens (including phenoxy) is 2. The van der Waals surface area contributed by atoms with E-state index >= 15 is 0 Å². The maximum atomic E-state index is 11.8. The molecule has 0 aliphatic carbocycles. The molecule has 0 fully saturated rings. The Morgan fingerprint density at radius 1 is 0.688 bits per heavy atom. The first kappa shape index (κ1) is 30.0. The number of esters is 2. The Hall–Kier alpha value is -2.01. The lowest BCUT2D eigenvalue weighted by molar-refractivity contribution is -0.184. The minimum absolute atomic E-state index is 0.290. The second-order valence-corrected chi connectivity index (χ2v) is 7.78. The second kappa shape index (κ2) is 23.6. The molecule has 0 rings (SSSR count). The summed E-state index contributed by atoms with van der Waals surface area (Å²) < 4.78 is 10.1. The zero-order valence-electron chi connectivity index (χ0n) is 19.9. The van der Waals surface area contributed by atoms with Crippen molar-refractivity contribution in [2.45, 2.75) is 90.8 Å². The van der Waals surface area contributed by atoms with Crippen molar-refractivity contribution in [3.8, 4) is 0 Å². The smallest absolute Gasteiger partial charge is 0.308 e. The number of rotatable bonds is 19. The predicted molar refractivity (Wildman–Crippen MR) is 138 cm³/mol. The third-order valence-corrected chi connectivity index (χ3v) is 4.61. The Morgan fingerprint density at radius 2 is 1.12 bits per heavy atom. The van der Waals surface area contributed by atoms with Crippen LogP contribution in [-0.2, 0) is 19.1 Å². The summed E-state index contributed by atoms with van der Waals surface area (Å²) in [6.07, 6.45) is 29.9. The molecule has 32 heavy (non-hydrogen) atoms. The molecule has 0 bridgehead atoms. The van der Waals surface area contributed by atoms with E-state index in [2.05, 4.69) is 80.3 Å². The summed E-state index contributed by atoms with van der Waals surface area (Å²) in [5.41, 5.74) is 0. The van der Waals surface area contributed by atoms with E-state index in [1.54, 1.807) is 6.92 Å². The van der Waals surface area contributed by atoms with E-state index in [1.807, 2.05) is 0 Å². The number of carbonyl (C=O) groups excluding carboxylic acids is 2. The summed E-state index contributed by atoms with van der Waals surface area (Å²) in [6.45, 7) is 3.71. The Balaban J connectivity index is 3.63. The van der Waals surface area contributed by atoms with Gasteiger partial charge in [-0.1, -0.05) is 67.7 Å². The van der Waals surface area contributed by atoms with Gasteiger partial charge in [-0.15, -0.1) is 0 Å². The normalized spacial score (nSPS) is 13.2. The molecule has 0 radical (unpaired) electrons. The van der Waals surface area contributed by atoms with E-state index in [4.69, 9.17) is 9.47 Å². The van der Waals surface area contributed by atoms with Gasteiger partial charge >= 0.3 is 11.9 Å². The summed E-state index contributed by atoms with van der Waals surface area (Å²) in [6, 6.07) is 0. The molecule has 0 aliphatic rings. The lowest BCUT2D eigenvalue weighted by Crippen LogP contribution is -2.21. The van der Waals surface area contributed by atoms with Gasteiger partial charge in [0.25, 0.3) is 0 Å². The van der Waals surface area contributed by atoms with Gasteiger partial charge in [-0.3, -0.25) is 9.59 Å². The summed E-state index contributed by atoms with van der Waals surface area (Å²) in [4.78, 5) is 23.2. The molecule has 180 valence electrons. The third kappa shape index (κ3) is 22.7. The van der Waals surface area contributed by atoms with Crippen LogP contribution in [0.1, 0.15) is 84.5 Å². The van der Waals surface area contributed by atoms with Crippen LogP contribution in [0, 0.1) is 0 Å². The fourth-order valence-electron chi connectivity index (χ4n) is 2.64. The van der Waals surface area contributed by atoms with Crippen LogP contribution in [0.5, 0.6) is 0 Å². The van der Waals surface area contributed by atoms with Gasteiger partial charge in [0, 0.05) is 19.8 Å². The average Bonchev–Trinajstić information content (AvgIpc) is 2.76. The lowest BCUT2D eigenvalue weighted by Gasteiger charge is -2.13. The summed E-state index contributed by atoms with van der Waals surface area (Å²) in [7, 11) is 0. The standard InChI is InChI=1S/C27H42O4S/c1-3-4-5-6-7-8-9-10-11-12-13-14-15-16-17-18-19-20-22-26(28)30-25(2)31-27(29)23-21-24-32/h4-5,7-8,10-11,13-14,16-17,25,32H,3,6,9,12,15,18-24H2,1-2H3/b5-4-,8-7-,11-10-,14-13-,17-16-. The van der Waals surface area contributed by atoms with Gasteiger partial charge in [0.1, 0.15) is 0 Å². The lowest BCUT2D eigenvalue weighted by atomic mass is 10.2. The Labute approximate surface area is 200 Å². The molecule has 0 aromatic rings. The van der Waals surface area contributed by atoms with Crippen LogP contribution >= 0.6 is 12.6 Å². The highest BCUT2D eigenvalue weighted by molar-refractivity contribution is 7.80. The summed E-state index contributed by atoms with van der Waals surface area (Å²) in [5, 5.41) is 0. The Kier molecular flexibility index (Phi) is 22.2. The minimum Gasteiger partial charge on any atom is -0.425 e. The van der Waals surface area contributed by atoms with E-state index in [0.29, 0.717) is 25.0 Å². The van der Waals surface area contributed by atoms with Crippen molar-refractivity contribution < 1.29 is 19.1 Å². The maximum Gasteiger partial charge on any atom is 0.308 e. The van der Waals surface area contributed by atoms with Crippen LogP contribution < -0.4 is 0 Å². The highest BCUT2D eigenvalue weighted by atomic mass is 32.1. The number of allylic oxidation sites excluding steroid dienone is 10. The van der Waals surface area contributed by atoms with E-state index in [-0.39, 0.29) is 11.9 Å². The summed E-state index contributed by atoms with van der Waals surface area (Å²) >= 11 is 4.04. The van der Waals surface area contributed by atoms with Crippen molar-refractivity contribution in [1.29, 1.82) is 0 Å². The topological polar surface area (TPSA) is 52.6 Å². The van der Waals surface area contributed by atoms with Gasteiger partial charge < -0.3 is 9.47 Å². The molecule has 0 spiro atoms. The van der Waals surface area contributed by atoms with Gasteiger partial charge in [0.05, 0.1) is 0 Å². The van der Waals surface area contributed by atoms with Gasteiger partial charge in [-0.05, 0) is 63.5 Å². The Bertz CT molecular complexity index is 617. The van der Waals surface area contributed by atoms with Gasteiger partial charge in [-0.2, -0.15) is 12.6 Å². The van der Waals surface area contributed by atoms with E-state index < -0.39 is 6.29 Å². The molecule has 0 heterocycles. The first-order valence-corrected chi connectivity index (χ1v) is 12.5. The first-order valence-electron chi connectivity index (χ1n) is 11.8. The third-order valence-electron chi connectivity index (χ3n) is 4.29. The molecule has 0 amide bonds. The van der Waals surface area contributed by atoms with Crippen molar-refractivity contribution in [3.05, 3.63) is 60.8 Å². The number of unbranched alkanes of at least 4 members (excludes halogenated alkanes) is 2. The van der Waals surface area contributed by atoms with Crippen molar-refractivity contribution in [2.24, 2.45) is 0 Å². The molecule has 1 atom stereocenters. The molecule has 0 aliphatic heterocycles. The maximum absolute atomic E-state index is 11.8. The molecule has 1 unspecified atom stereocenters. The van der Waals surface area contributed by atoms with Crippen LogP contribution in [-0.4, -0.2) is 24.0 Å². The molecule has 0 aromatic carbocycles. The monoisotopic (exact) mass is 462 g/mol. The molecule has 4 nitrogen and oxygen atoms in total. The van der Waals surface area contributed by atoms with Gasteiger partial charge in [0.2, 0.25) is 6.29 Å². The van der Waals surface area contributed by atoms with Crippen LogP contribution in [0.2, 0.25) is 0 Å². The fourth-order valence-corrected chi connectivity index (χ4v) is 2.79. The fraction of sp³-hybridized carbons (Fsp3) is 0.556. The second-order valence-electron chi connectivity index (χ2n) is 7.33. The van der Waals surface area contributed by atoms with Gasteiger partial charge in [-0.25, -0.2) is 0 Å². The van der Waals surface area contributed by atoms with Crippen molar-refractivity contribution >= 4 is 24.6 Å². The number of thiol groups is 1. The molecular formula is C27H42O4S. The van der Waals surface area contributed by atoms with Gasteiger partial charge in [0.15, 0.2) is 0 Å². The highest BCUT2D eigenvalue weighted by Gasteiger charge is 2.13. The number of hydrogen-bond donors (Lipinski definition) is 1. The zero-order chi connectivity index (χ0) is 23.7. The average molecular weight is 463 g/mol. The number of carbonyl (C=O) groups is 2. The van der Waals surface area contributed by atoms with Crippen LogP contribution in [0.3, 0.4) is 0 Å². The molecule has 5 heteroatoms. The molecule has 0 saturated carbocycles. The minimum atomic E-state index is -0.833. The van der Waals surface area contributed by atoms with E-state index in [0.717, 1.165) is 51.4 Å². The van der Waals surface area contributed by atoms with Crippen molar-refractivity contribution in [1.82, 2.24) is 0 Å². The first-order chi connectivity index (χ1) is 15.6. The molecule has 0 N–H and O–H groups in total. The van der Waals surface area contributed by atoms with E-state index in [9.17, 15) is 9.59 Å². The molecular weight excluding hydrogens is 420 g/mol. The number of hydrogen-bond acceptors (Lipinski definition) is 5. The van der Waals surface area contributed by atoms with Crippen molar-refractivity contribution in [3.63, 3.8) is 0 Å². The molecule has 0 saturated heterocycles. The largest absolute Gasteiger partial charge is 0.425 e.